The van der Waals surface area contributed by atoms with Crippen molar-refractivity contribution in [2.45, 2.75) is 11.8 Å². The monoisotopic (exact) mass is 438 g/mol. The number of benzene rings is 2. The third-order valence-electron chi connectivity index (χ3n) is 3.51. The first-order valence-electron chi connectivity index (χ1n) is 8.00. The Morgan fingerprint density at radius 2 is 1.71 bits per heavy atom. The van der Waals surface area contributed by atoms with Gasteiger partial charge in [-0.1, -0.05) is 41.9 Å². The Kier molecular flexibility index (Phi) is 6.28. The van der Waals surface area contributed by atoms with Crippen LogP contribution >= 0.6 is 23.4 Å². The number of rotatable bonds is 2. The van der Waals surface area contributed by atoms with E-state index in [1.54, 1.807) is 25.1 Å². The molecule has 1 saturated heterocycles. The van der Waals surface area contributed by atoms with E-state index in [0.29, 0.717) is 11.7 Å². The van der Waals surface area contributed by atoms with Gasteiger partial charge in [-0.05, 0) is 43.0 Å². The van der Waals surface area contributed by atoms with E-state index in [1.807, 2.05) is 24.3 Å². The zero-order valence-corrected chi connectivity index (χ0v) is 17.0. The molecule has 0 spiro atoms. The molecular weight excluding hydrogens is 424 g/mol. The number of carbonyl (C=O) groups is 1. The van der Waals surface area contributed by atoms with Gasteiger partial charge in [-0.15, -0.1) is 4.40 Å². The second kappa shape index (κ2) is 8.68. The van der Waals surface area contributed by atoms with Crippen molar-refractivity contribution in [3.63, 3.8) is 0 Å². The van der Waals surface area contributed by atoms with Gasteiger partial charge in [-0.2, -0.15) is 8.42 Å². The van der Waals surface area contributed by atoms with Crippen molar-refractivity contribution >= 4 is 44.5 Å². The Hall–Kier alpha value is -2.49. The molecule has 146 valence electrons. The quantitative estimate of drug-likeness (QED) is 0.720. The van der Waals surface area contributed by atoms with Crippen molar-refractivity contribution in [1.29, 1.82) is 0 Å². The van der Waals surface area contributed by atoms with Crippen LogP contribution in [-0.4, -0.2) is 26.3 Å². The smallest absolute Gasteiger partial charge is 0.286 e. The Morgan fingerprint density at radius 3 is 2.29 bits per heavy atom. The molecule has 0 radical (unpaired) electrons. The summed E-state index contributed by atoms with van der Waals surface area (Å²) in [4.78, 5) is 11.7. The van der Waals surface area contributed by atoms with Crippen LogP contribution in [-0.2, 0) is 14.8 Å². The van der Waals surface area contributed by atoms with Crippen LogP contribution in [0.3, 0.4) is 0 Å². The van der Waals surface area contributed by atoms with E-state index in [9.17, 15) is 13.2 Å². The number of carbonyl (C=O) groups excluding carboxylic acids is 1. The Labute approximate surface area is 171 Å². The maximum atomic E-state index is 12.1. The molecule has 0 saturated carbocycles. The highest BCUT2D eigenvalue weighted by Crippen LogP contribution is 2.30. The number of amidine groups is 1. The lowest BCUT2D eigenvalue weighted by molar-refractivity contribution is -0.115. The molecule has 1 N–H and O–H groups in total. The summed E-state index contributed by atoms with van der Waals surface area (Å²) in [5.41, 5.74) is 0. The molecule has 10 heteroatoms. The van der Waals surface area contributed by atoms with Crippen LogP contribution in [0.4, 0.5) is 0 Å². The lowest BCUT2D eigenvalue weighted by Gasteiger charge is -2.01. The lowest BCUT2D eigenvalue weighted by atomic mass is 10.3. The third-order valence-corrected chi connectivity index (χ3v) is 6.43. The lowest BCUT2D eigenvalue weighted by Crippen LogP contribution is -2.20. The second-order valence-electron chi connectivity index (χ2n) is 5.36. The van der Waals surface area contributed by atoms with Crippen LogP contribution in [0.5, 0.6) is 11.5 Å². The summed E-state index contributed by atoms with van der Waals surface area (Å²) in [6, 6.07) is 13.6. The molecule has 2 heterocycles. The van der Waals surface area contributed by atoms with Crippen molar-refractivity contribution in [3.8, 4) is 11.5 Å². The molecule has 1 fully saturated rings. The van der Waals surface area contributed by atoms with Gasteiger partial charge in [0.2, 0.25) is 6.79 Å². The van der Waals surface area contributed by atoms with E-state index >= 15 is 0 Å². The van der Waals surface area contributed by atoms with Gasteiger partial charge in [0.1, 0.15) is 4.90 Å². The molecule has 0 aliphatic carbocycles. The van der Waals surface area contributed by atoms with Crippen LogP contribution in [0.15, 0.2) is 68.8 Å². The zero-order valence-electron chi connectivity index (χ0n) is 14.6. The van der Waals surface area contributed by atoms with Crippen LogP contribution < -0.4 is 14.8 Å². The van der Waals surface area contributed by atoms with Crippen molar-refractivity contribution in [2.75, 3.05) is 6.79 Å². The average molecular weight is 439 g/mol. The predicted molar refractivity (Wildman–Crippen MR) is 108 cm³/mol. The van der Waals surface area contributed by atoms with Gasteiger partial charge in [-0.25, -0.2) is 0 Å². The highest BCUT2D eigenvalue weighted by molar-refractivity contribution is 8.19. The minimum atomic E-state index is -3.94. The molecule has 2 aromatic carbocycles. The largest absolute Gasteiger partial charge is 0.454 e. The molecule has 0 unspecified atom stereocenters. The fourth-order valence-corrected chi connectivity index (χ4v) is 4.64. The summed E-state index contributed by atoms with van der Waals surface area (Å²) < 4.78 is 37.8. The summed E-state index contributed by atoms with van der Waals surface area (Å²) in [7, 11) is -3.94. The number of fused-ring (bicyclic) bond motifs is 1. The van der Waals surface area contributed by atoms with Crippen molar-refractivity contribution in [3.05, 3.63) is 64.5 Å². The van der Waals surface area contributed by atoms with E-state index in [4.69, 9.17) is 21.1 Å². The summed E-state index contributed by atoms with van der Waals surface area (Å²) in [6.07, 6.45) is 1.59. The van der Waals surface area contributed by atoms with E-state index in [1.165, 1.54) is 12.1 Å². The number of allylic oxidation sites excluding steroid dienone is 1. The number of halogens is 1. The summed E-state index contributed by atoms with van der Waals surface area (Å²) in [6.45, 7) is 2.05. The number of hydrogen-bond acceptors (Lipinski definition) is 6. The van der Waals surface area contributed by atoms with E-state index in [-0.39, 0.29) is 21.0 Å². The molecule has 0 atom stereocenters. The third kappa shape index (κ3) is 4.67. The minimum Gasteiger partial charge on any atom is -0.454 e. The van der Waals surface area contributed by atoms with Gasteiger partial charge in [-0.3, -0.25) is 10.1 Å². The van der Waals surface area contributed by atoms with Gasteiger partial charge >= 0.3 is 0 Å². The van der Waals surface area contributed by atoms with Gasteiger partial charge in [0.15, 0.2) is 16.7 Å². The van der Waals surface area contributed by atoms with Crippen LogP contribution in [0.2, 0.25) is 5.02 Å². The van der Waals surface area contributed by atoms with Crippen LogP contribution in [0.1, 0.15) is 6.92 Å². The molecule has 4 rings (SSSR count). The molecule has 1 amide bonds. The maximum Gasteiger partial charge on any atom is 0.286 e. The second-order valence-corrected chi connectivity index (χ2v) is 8.37. The first-order chi connectivity index (χ1) is 13.4. The van der Waals surface area contributed by atoms with Crippen LogP contribution in [0.25, 0.3) is 0 Å². The van der Waals surface area contributed by atoms with Gasteiger partial charge < -0.3 is 9.47 Å². The molecule has 2 aromatic rings. The highest BCUT2D eigenvalue weighted by Gasteiger charge is 2.26. The maximum absolute atomic E-state index is 12.1. The Morgan fingerprint density at radius 1 is 1.11 bits per heavy atom. The first-order valence-corrected chi connectivity index (χ1v) is 10.6. The first kappa shape index (κ1) is 20.2. The molecule has 0 bridgehead atoms. The van der Waals surface area contributed by atoms with Crippen LogP contribution in [0, 0.1) is 0 Å². The number of sulfonamides is 1. The number of amides is 1. The van der Waals surface area contributed by atoms with Gasteiger partial charge in [0.25, 0.3) is 15.9 Å². The number of ether oxygens (including phenoxy) is 2. The standard InChI is InChI=1S/C11H9ClN2O3S2.C7H6O2/c1-2-8-10(15)13-11(18-8)14-19(16,17)9-6-4-3-5-7(9)12;1-2-4-7-6(3-1)8-5-9-7/h2-6H,1H3,(H,13,14,15);1-4H,5H2/b8-2-;. The zero-order chi connectivity index (χ0) is 20.1. The number of nitrogens with one attached hydrogen (secondary N) is 1. The van der Waals surface area contributed by atoms with E-state index in [2.05, 4.69) is 9.71 Å². The summed E-state index contributed by atoms with van der Waals surface area (Å²) in [5, 5.41) is 2.50. The molecule has 7 nitrogen and oxygen atoms in total. The predicted octanol–water partition coefficient (Wildman–Crippen LogP) is 3.57. The molecular formula is C18H15ClN2O5S2. The van der Waals surface area contributed by atoms with Gasteiger partial charge in [0.05, 0.1) is 9.93 Å². The van der Waals surface area contributed by atoms with Gasteiger partial charge in [0, 0.05) is 0 Å². The number of thioether (sulfide) groups is 1. The molecule has 28 heavy (non-hydrogen) atoms. The van der Waals surface area contributed by atoms with Crippen molar-refractivity contribution in [1.82, 2.24) is 5.32 Å². The number of para-hydroxylation sites is 2. The fraction of sp³-hybridized carbons (Fsp3) is 0.111. The summed E-state index contributed by atoms with van der Waals surface area (Å²) in [5.74, 6) is 1.33. The SMILES string of the molecule is C/C=C1\SC(=NS(=O)(=O)c2ccccc2Cl)NC1=O.c1ccc2c(c1)OCO2. The normalized spacial score (nSPS) is 18.0. The van der Waals surface area contributed by atoms with Crippen molar-refractivity contribution in [2.24, 2.45) is 4.40 Å². The van der Waals surface area contributed by atoms with E-state index < -0.39 is 10.0 Å². The number of hydrogen-bond donors (Lipinski definition) is 1. The molecule has 0 aromatic heterocycles. The average Bonchev–Trinajstić information content (AvgIpc) is 3.28. The topological polar surface area (TPSA) is 94.1 Å². The molecule has 2 aliphatic heterocycles. The van der Waals surface area contributed by atoms with E-state index in [0.717, 1.165) is 23.3 Å². The Balaban J connectivity index is 0.000000206. The minimum absolute atomic E-state index is 0.0259. The highest BCUT2D eigenvalue weighted by atomic mass is 35.5. The number of nitrogens with zero attached hydrogens (tertiary/aromatic N) is 1. The fourth-order valence-electron chi connectivity index (χ4n) is 2.22. The Bertz CT molecular complexity index is 1040. The molecule has 2 aliphatic rings. The summed E-state index contributed by atoms with van der Waals surface area (Å²) >= 11 is 6.80. The van der Waals surface area contributed by atoms with Crippen molar-refractivity contribution < 1.29 is 22.7 Å².